The Labute approximate surface area is 181 Å². The third-order valence-corrected chi connectivity index (χ3v) is 6.33. The highest BCUT2D eigenvalue weighted by atomic mass is 32.2. The lowest BCUT2D eigenvalue weighted by molar-refractivity contribution is 0.0527. The Bertz CT molecular complexity index is 1190. The summed E-state index contributed by atoms with van der Waals surface area (Å²) in [7, 11) is -2.42. The lowest BCUT2D eigenvalue weighted by Gasteiger charge is -2.19. The first-order valence-corrected chi connectivity index (χ1v) is 11.0. The topological polar surface area (TPSA) is 92.8 Å². The maximum atomic E-state index is 13.0. The minimum Gasteiger partial charge on any atom is -0.462 e. The number of hydrogen-bond acceptors (Lipinski definition) is 5. The first kappa shape index (κ1) is 22.0. The van der Waals surface area contributed by atoms with Crippen molar-refractivity contribution in [2.45, 2.75) is 11.8 Å². The van der Waals surface area contributed by atoms with Crippen molar-refractivity contribution in [1.82, 2.24) is 0 Å². The number of ether oxygens (including phenoxy) is 1. The Hall–Kier alpha value is -3.65. The molecular weight excluding hydrogens is 416 g/mol. The van der Waals surface area contributed by atoms with E-state index in [0.717, 1.165) is 4.31 Å². The van der Waals surface area contributed by atoms with Crippen LogP contribution in [-0.2, 0) is 14.8 Å². The third-order valence-electron chi connectivity index (χ3n) is 4.55. The summed E-state index contributed by atoms with van der Waals surface area (Å²) in [5.41, 5.74) is 1.13. The minimum absolute atomic E-state index is 0.0230. The monoisotopic (exact) mass is 438 g/mol. The molecular formula is C23H22N2O5S. The Balaban J connectivity index is 1.87. The van der Waals surface area contributed by atoms with E-state index in [-0.39, 0.29) is 28.3 Å². The average molecular weight is 439 g/mol. The van der Waals surface area contributed by atoms with Gasteiger partial charge < -0.3 is 10.1 Å². The standard InChI is InChI=1S/C23H22N2O5S/c1-3-30-23(27)20-14-7-8-15-21(20)24-22(26)17-10-9-13-19(16-17)31(28,29)25(2)18-11-5-4-6-12-18/h4-16H,3H2,1-2H3,(H,24,26). The zero-order chi connectivity index (χ0) is 22.4. The number of carbonyl (C=O) groups is 2. The van der Waals surface area contributed by atoms with E-state index in [0.29, 0.717) is 5.69 Å². The van der Waals surface area contributed by atoms with Gasteiger partial charge in [-0.25, -0.2) is 13.2 Å². The summed E-state index contributed by atoms with van der Waals surface area (Å²) in [4.78, 5) is 24.9. The number of benzene rings is 3. The van der Waals surface area contributed by atoms with Gasteiger partial charge in [0.25, 0.3) is 15.9 Å². The van der Waals surface area contributed by atoms with Crippen LogP contribution in [0, 0.1) is 0 Å². The fraction of sp³-hybridized carbons (Fsp3) is 0.130. The molecule has 0 radical (unpaired) electrons. The lowest BCUT2D eigenvalue weighted by atomic mass is 10.1. The summed E-state index contributed by atoms with van der Waals surface area (Å²) in [6, 6.07) is 20.8. The zero-order valence-corrected chi connectivity index (χ0v) is 17.9. The molecule has 3 aromatic rings. The van der Waals surface area contributed by atoms with E-state index >= 15 is 0 Å². The molecule has 0 saturated carbocycles. The van der Waals surface area contributed by atoms with E-state index in [2.05, 4.69) is 5.32 Å². The molecule has 7 nitrogen and oxygen atoms in total. The van der Waals surface area contributed by atoms with Crippen LogP contribution < -0.4 is 9.62 Å². The van der Waals surface area contributed by atoms with Gasteiger partial charge in [0.15, 0.2) is 0 Å². The molecule has 8 heteroatoms. The van der Waals surface area contributed by atoms with Crippen molar-refractivity contribution in [2.75, 3.05) is 23.3 Å². The molecule has 160 valence electrons. The molecule has 0 bridgehead atoms. The maximum absolute atomic E-state index is 13.0. The Kier molecular flexibility index (Phi) is 6.71. The summed E-state index contributed by atoms with van der Waals surface area (Å²) in [5.74, 6) is -1.10. The summed E-state index contributed by atoms with van der Waals surface area (Å²) >= 11 is 0. The molecule has 31 heavy (non-hydrogen) atoms. The SMILES string of the molecule is CCOC(=O)c1ccccc1NC(=O)c1cccc(S(=O)(=O)N(C)c2ccccc2)c1. The van der Waals surface area contributed by atoms with Crippen molar-refractivity contribution in [1.29, 1.82) is 0 Å². The van der Waals surface area contributed by atoms with Gasteiger partial charge in [-0.1, -0.05) is 36.4 Å². The number of carbonyl (C=O) groups excluding carboxylic acids is 2. The second-order valence-electron chi connectivity index (χ2n) is 6.56. The van der Waals surface area contributed by atoms with Gasteiger partial charge >= 0.3 is 5.97 Å². The van der Waals surface area contributed by atoms with Crippen LogP contribution >= 0.6 is 0 Å². The predicted molar refractivity (Wildman–Crippen MR) is 119 cm³/mol. The lowest BCUT2D eigenvalue weighted by Crippen LogP contribution is -2.26. The van der Waals surface area contributed by atoms with Gasteiger partial charge in [0.1, 0.15) is 0 Å². The van der Waals surface area contributed by atoms with Crippen molar-refractivity contribution in [3.8, 4) is 0 Å². The van der Waals surface area contributed by atoms with Gasteiger partial charge in [-0.2, -0.15) is 0 Å². The van der Waals surface area contributed by atoms with Crippen LogP contribution in [0.25, 0.3) is 0 Å². The first-order valence-electron chi connectivity index (χ1n) is 9.56. The summed E-state index contributed by atoms with van der Waals surface area (Å²) in [6.45, 7) is 1.90. The predicted octanol–water partition coefficient (Wildman–Crippen LogP) is 3.94. The van der Waals surface area contributed by atoms with Crippen molar-refractivity contribution in [3.05, 3.63) is 90.0 Å². The number of nitrogens with one attached hydrogen (secondary N) is 1. The molecule has 0 spiro atoms. The largest absolute Gasteiger partial charge is 0.462 e. The Morgan fingerprint density at radius 3 is 2.32 bits per heavy atom. The number of anilines is 2. The molecule has 1 amide bonds. The van der Waals surface area contributed by atoms with Crippen molar-refractivity contribution < 1.29 is 22.7 Å². The minimum atomic E-state index is -3.87. The summed E-state index contributed by atoms with van der Waals surface area (Å²) < 4.78 is 32.2. The molecule has 0 heterocycles. The van der Waals surface area contributed by atoms with Gasteiger partial charge in [0, 0.05) is 12.6 Å². The summed E-state index contributed by atoms with van der Waals surface area (Å²) in [6.07, 6.45) is 0. The summed E-state index contributed by atoms with van der Waals surface area (Å²) in [5, 5.41) is 2.66. The number of hydrogen-bond donors (Lipinski definition) is 1. The Morgan fingerprint density at radius 1 is 0.935 bits per heavy atom. The second-order valence-corrected chi connectivity index (χ2v) is 8.53. The third kappa shape index (κ3) is 4.92. The molecule has 0 atom stereocenters. The first-order chi connectivity index (χ1) is 14.8. The average Bonchev–Trinajstić information content (AvgIpc) is 2.79. The van der Waals surface area contributed by atoms with Crippen LogP contribution in [-0.4, -0.2) is 33.9 Å². The molecule has 0 aliphatic carbocycles. The maximum Gasteiger partial charge on any atom is 0.340 e. The van der Waals surface area contributed by atoms with Gasteiger partial charge in [-0.15, -0.1) is 0 Å². The molecule has 0 aromatic heterocycles. The van der Waals surface area contributed by atoms with E-state index in [1.54, 1.807) is 61.5 Å². The van der Waals surface area contributed by atoms with Crippen LogP contribution in [0.1, 0.15) is 27.6 Å². The highest BCUT2D eigenvalue weighted by Gasteiger charge is 2.23. The number of nitrogens with zero attached hydrogens (tertiary/aromatic N) is 1. The van der Waals surface area contributed by atoms with Crippen LogP contribution in [0.15, 0.2) is 83.8 Å². The van der Waals surface area contributed by atoms with Crippen molar-refractivity contribution in [2.24, 2.45) is 0 Å². The van der Waals surface area contributed by atoms with E-state index in [1.165, 1.54) is 31.3 Å². The van der Waals surface area contributed by atoms with Crippen LogP contribution in [0.5, 0.6) is 0 Å². The van der Waals surface area contributed by atoms with E-state index < -0.39 is 21.9 Å². The molecule has 0 aliphatic heterocycles. The van der Waals surface area contributed by atoms with Gasteiger partial charge in [-0.05, 0) is 49.4 Å². The smallest absolute Gasteiger partial charge is 0.340 e. The van der Waals surface area contributed by atoms with Gasteiger partial charge in [0.05, 0.1) is 28.4 Å². The molecule has 0 saturated heterocycles. The zero-order valence-electron chi connectivity index (χ0n) is 17.1. The number of para-hydroxylation sites is 2. The highest BCUT2D eigenvalue weighted by molar-refractivity contribution is 7.92. The van der Waals surface area contributed by atoms with Crippen LogP contribution in [0.2, 0.25) is 0 Å². The highest BCUT2D eigenvalue weighted by Crippen LogP contribution is 2.23. The normalized spacial score (nSPS) is 10.9. The number of rotatable bonds is 7. The van der Waals surface area contributed by atoms with Crippen molar-refractivity contribution in [3.63, 3.8) is 0 Å². The molecule has 3 rings (SSSR count). The van der Waals surface area contributed by atoms with Crippen molar-refractivity contribution >= 4 is 33.3 Å². The quantitative estimate of drug-likeness (QED) is 0.564. The molecule has 1 N–H and O–H groups in total. The fourth-order valence-electron chi connectivity index (χ4n) is 2.91. The molecule has 0 aliphatic rings. The second kappa shape index (κ2) is 9.44. The number of sulfonamides is 1. The molecule has 0 unspecified atom stereocenters. The Morgan fingerprint density at radius 2 is 1.61 bits per heavy atom. The van der Waals surface area contributed by atoms with E-state index in [1.807, 2.05) is 0 Å². The van der Waals surface area contributed by atoms with Crippen LogP contribution in [0.4, 0.5) is 11.4 Å². The van der Waals surface area contributed by atoms with Gasteiger partial charge in [-0.3, -0.25) is 9.10 Å². The number of esters is 1. The molecule has 3 aromatic carbocycles. The van der Waals surface area contributed by atoms with E-state index in [9.17, 15) is 18.0 Å². The van der Waals surface area contributed by atoms with Gasteiger partial charge in [0.2, 0.25) is 0 Å². The van der Waals surface area contributed by atoms with Crippen LogP contribution in [0.3, 0.4) is 0 Å². The van der Waals surface area contributed by atoms with E-state index in [4.69, 9.17) is 4.74 Å². The molecule has 0 fully saturated rings. The number of amides is 1. The fourth-order valence-corrected chi connectivity index (χ4v) is 4.15.